The van der Waals surface area contributed by atoms with Crippen molar-refractivity contribution in [3.05, 3.63) is 71.9 Å². The molecule has 1 N–H and O–H groups in total. The van der Waals surface area contributed by atoms with E-state index in [-0.39, 0.29) is 5.91 Å². The Hall–Kier alpha value is -3.71. The van der Waals surface area contributed by atoms with Gasteiger partial charge in [-0.15, -0.1) is 0 Å². The summed E-state index contributed by atoms with van der Waals surface area (Å²) in [6.07, 6.45) is 1.73. The van der Waals surface area contributed by atoms with Gasteiger partial charge in [0, 0.05) is 49.7 Å². The molecule has 1 saturated heterocycles. The molecule has 2 aromatic heterocycles. The van der Waals surface area contributed by atoms with Gasteiger partial charge in [-0.2, -0.15) is 5.10 Å². The number of hydrogen-bond donors (Lipinski definition) is 1. The van der Waals surface area contributed by atoms with Crippen molar-refractivity contribution < 1.29 is 4.79 Å². The summed E-state index contributed by atoms with van der Waals surface area (Å²) in [6.45, 7) is 8.90. The maximum absolute atomic E-state index is 13.5. The molecular weight excluding hydrogens is 424 g/mol. The molecule has 0 radical (unpaired) electrons. The second-order valence-electron chi connectivity index (χ2n) is 8.86. The summed E-state index contributed by atoms with van der Waals surface area (Å²) in [5.74, 6) is -0.157. The van der Waals surface area contributed by atoms with Gasteiger partial charge in [0.15, 0.2) is 5.65 Å². The number of fused-ring (bicyclic) bond motifs is 1. The first kappa shape index (κ1) is 22.1. The molecule has 0 unspecified atom stereocenters. The lowest BCUT2D eigenvalue weighted by atomic mass is 10.1. The van der Waals surface area contributed by atoms with Crippen LogP contribution >= 0.6 is 0 Å². The second kappa shape index (κ2) is 9.27. The number of benzene rings is 2. The van der Waals surface area contributed by atoms with E-state index in [0.29, 0.717) is 12.1 Å². The van der Waals surface area contributed by atoms with Crippen LogP contribution in [0.25, 0.3) is 22.3 Å². The van der Waals surface area contributed by atoms with Gasteiger partial charge in [-0.05, 0) is 50.7 Å². The predicted molar refractivity (Wildman–Crippen MR) is 137 cm³/mol. The summed E-state index contributed by atoms with van der Waals surface area (Å²) in [6, 6.07) is 18.1. The van der Waals surface area contributed by atoms with Crippen molar-refractivity contribution in [3.8, 4) is 11.3 Å². The number of carbonyl (C=O) groups excluding carboxylic acids is 1. The van der Waals surface area contributed by atoms with E-state index in [4.69, 9.17) is 4.98 Å². The van der Waals surface area contributed by atoms with Crippen molar-refractivity contribution in [2.24, 2.45) is 0 Å². The fourth-order valence-corrected chi connectivity index (χ4v) is 4.46. The fraction of sp³-hybridized carbons (Fsp3) is 0.296. The zero-order chi connectivity index (χ0) is 23.7. The third kappa shape index (κ3) is 4.26. The van der Waals surface area contributed by atoms with Crippen molar-refractivity contribution in [1.29, 1.82) is 0 Å². The van der Waals surface area contributed by atoms with Gasteiger partial charge in [0.1, 0.15) is 0 Å². The van der Waals surface area contributed by atoms with E-state index < -0.39 is 0 Å². The summed E-state index contributed by atoms with van der Waals surface area (Å²) in [7, 11) is 2.16. The standard InChI is InChI=1S/C27H30N6O/c1-4-33-26-23(18-28-33)22(17-25(29-26)20-8-6-5-7-9-20)27(34)30-24-11-10-21(16-19(24)2)32-14-12-31(3)13-15-32/h5-11,16-18H,4,12-15H2,1-3H3,(H,30,34). The lowest BCUT2D eigenvalue weighted by molar-refractivity contribution is 0.102. The van der Waals surface area contributed by atoms with Gasteiger partial charge >= 0.3 is 0 Å². The van der Waals surface area contributed by atoms with Gasteiger partial charge in [-0.3, -0.25) is 4.79 Å². The number of nitrogens with one attached hydrogen (secondary N) is 1. The highest BCUT2D eigenvalue weighted by Crippen LogP contribution is 2.28. The van der Waals surface area contributed by atoms with Crippen LogP contribution in [0.3, 0.4) is 0 Å². The molecule has 0 bridgehead atoms. The Morgan fingerprint density at radius 3 is 2.50 bits per heavy atom. The number of aryl methyl sites for hydroxylation is 2. The second-order valence-corrected chi connectivity index (χ2v) is 8.86. The summed E-state index contributed by atoms with van der Waals surface area (Å²) in [5.41, 5.74) is 6.08. The highest BCUT2D eigenvalue weighted by molar-refractivity contribution is 6.13. The maximum atomic E-state index is 13.5. The summed E-state index contributed by atoms with van der Waals surface area (Å²) < 4.78 is 1.83. The third-order valence-electron chi connectivity index (χ3n) is 6.55. The van der Waals surface area contributed by atoms with Crippen LogP contribution in [0.15, 0.2) is 60.8 Å². The van der Waals surface area contributed by atoms with Gasteiger partial charge in [0.25, 0.3) is 5.91 Å². The molecule has 0 spiro atoms. The third-order valence-corrected chi connectivity index (χ3v) is 6.55. The van der Waals surface area contributed by atoms with E-state index in [1.165, 1.54) is 5.69 Å². The first-order valence-corrected chi connectivity index (χ1v) is 11.8. The Morgan fingerprint density at radius 1 is 1.03 bits per heavy atom. The van der Waals surface area contributed by atoms with Gasteiger partial charge < -0.3 is 15.1 Å². The molecule has 5 rings (SSSR count). The Bertz CT molecular complexity index is 1320. The first-order chi connectivity index (χ1) is 16.5. The summed E-state index contributed by atoms with van der Waals surface area (Å²) >= 11 is 0. The van der Waals surface area contributed by atoms with Crippen LogP contribution in [0.2, 0.25) is 0 Å². The minimum Gasteiger partial charge on any atom is -0.369 e. The Labute approximate surface area is 200 Å². The van der Waals surface area contributed by atoms with E-state index in [9.17, 15) is 4.79 Å². The van der Waals surface area contributed by atoms with Gasteiger partial charge in [0.05, 0.1) is 22.8 Å². The number of carbonyl (C=O) groups is 1. The molecule has 7 nitrogen and oxygen atoms in total. The van der Waals surface area contributed by atoms with E-state index >= 15 is 0 Å². The highest BCUT2D eigenvalue weighted by Gasteiger charge is 2.19. The molecule has 34 heavy (non-hydrogen) atoms. The first-order valence-electron chi connectivity index (χ1n) is 11.8. The number of nitrogens with zero attached hydrogens (tertiary/aromatic N) is 5. The number of likely N-dealkylation sites (N-methyl/N-ethyl adjacent to an activating group) is 1. The highest BCUT2D eigenvalue weighted by atomic mass is 16.1. The molecule has 2 aromatic carbocycles. The predicted octanol–water partition coefficient (Wildman–Crippen LogP) is 4.43. The number of piperazine rings is 1. The Morgan fingerprint density at radius 2 is 1.79 bits per heavy atom. The molecule has 0 aliphatic carbocycles. The molecule has 0 atom stereocenters. The SMILES string of the molecule is CCn1ncc2c(C(=O)Nc3ccc(N4CCN(C)CC4)cc3C)cc(-c3ccccc3)nc21. The lowest BCUT2D eigenvalue weighted by Gasteiger charge is -2.34. The van der Waals surface area contributed by atoms with Crippen LogP contribution in [0.1, 0.15) is 22.8 Å². The van der Waals surface area contributed by atoms with Crippen LogP contribution in [0.5, 0.6) is 0 Å². The molecule has 1 aliphatic rings. The van der Waals surface area contributed by atoms with Gasteiger partial charge in [-0.25, -0.2) is 9.67 Å². The fourth-order valence-electron chi connectivity index (χ4n) is 4.46. The van der Waals surface area contributed by atoms with E-state index in [2.05, 4.69) is 39.4 Å². The molecule has 1 amide bonds. The minimum atomic E-state index is -0.157. The van der Waals surface area contributed by atoms with Crippen LogP contribution in [-0.4, -0.2) is 58.8 Å². The number of pyridine rings is 1. The monoisotopic (exact) mass is 454 g/mol. The van der Waals surface area contributed by atoms with Crippen molar-refractivity contribution >= 4 is 28.3 Å². The van der Waals surface area contributed by atoms with E-state index in [1.807, 2.05) is 61.0 Å². The van der Waals surface area contributed by atoms with Crippen LogP contribution in [0.4, 0.5) is 11.4 Å². The topological polar surface area (TPSA) is 66.3 Å². The van der Waals surface area contributed by atoms with Crippen molar-refractivity contribution in [1.82, 2.24) is 19.7 Å². The summed E-state index contributed by atoms with van der Waals surface area (Å²) in [5, 5.41) is 8.34. The van der Waals surface area contributed by atoms with Gasteiger partial charge in [0.2, 0.25) is 0 Å². The van der Waals surface area contributed by atoms with Crippen LogP contribution < -0.4 is 10.2 Å². The van der Waals surface area contributed by atoms with Crippen molar-refractivity contribution in [3.63, 3.8) is 0 Å². The maximum Gasteiger partial charge on any atom is 0.256 e. The van der Waals surface area contributed by atoms with Crippen molar-refractivity contribution in [2.45, 2.75) is 20.4 Å². The average Bonchev–Trinajstić information content (AvgIpc) is 3.29. The molecule has 7 heteroatoms. The van der Waals surface area contributed by atoms with Crippen molar-refractivity contribution in [2.75, 3.05) is 43.4 Å². The zero-order valence-electron chi connectivity index (χ0n) is 20.0. The molecule has 4 aromatic rings. The largest absolute Gasteiger partial charge is 0.369 e. The molecule has 1 fully saturated rings. The molecule has 1 aliphatic heterocycles. The van der Waals surface area contributed by atoms with Gasteiger partial charge in [-0.1, -0.05) is 30.3 Å². The number of amides is 1. The molecule has 174 valence electrons. The lowest BCUT2D eigenvalue weighted by Crippen LogP contribution is -2.44. The average molecular weight is 455 g/mol. The van der Waals surface area contributed by atoms with E-state index in [0.717, 1.165) is 59.7 Å². The number of anilines is 2. The molecule has 0 saturated carbocycles. The van der Waals surface area contributed by atoms with E-state index in [1.54, 1.807) is 6.20 Å². The molecule has 3 heterocycles. The Kier molecular flexibility index (Phi) is 6.02. The minimum absolute atomic E-state index is 0.157. The number of aromatic nitrogens is 3. The normalized spacial score (nSPS) is 14.5. The van der Waals surface area contributed by atoms with Crippen LogP contribution in [0, 0.1) is 6.92 Å². The zero-order valence-corrected chi connectivity index (χ0v) is 20.0. The summed E-state index contributed by atoms with van der Waals surface area (Å²) in [4.78, 5) is 23.1. The smallest absolute Gasteiger partial charge is 0.256 e. The quantitative estimate of drug-likeness (QED) is 0.483. The number of hydrogen-bond acceptors (Lipinski definition) is 5. The van der Waals surface area contributed by atoms with Crippen LogP contribution in [-0.2, 0) is 6.54 Å². The molecular formula is C27H30N6O. The Balaban J connectivity index is 1.46. The number of rotatable bonds is 5.